The second-order valence-corrected chi connectivity index (χ2v) is 5.62. The molecule has 2 aromatic rings. The lowest BCUT2D eigenvalue weighted by atomic mass is 10.2. The Morgan fingerprint density at radius 2 is 2.21 bits per heavy atom. The average Bonchev–Trinajstić information content (AvgIpc) is 2.47. The predicted molar refractivity (Wildman–Crippen MR) is 59.1 cm³/mol. The Labute approximate surface area is 86.4 Å². The largest absolute Gasteiger partial charge is 0.284 e. The van der Waals surface area contributed by atoms with Gasteiger partial charge in [0, 0.05) is 21.8 Å². The third-order valence-electron chi connectivity index (χ3n) is 1.69. The van der Waals surface area contributed by atoms with Gasteiger partial charge in [0.2, 0.25) is 10.0 Å². The molecule has 14 heavy (non-hydrogen) atoms. The number of hydrogen-bond acceptors (Lipinski definition) is 3. The molecule has 0 aliphatic heterocycles. The molecule has 0 aliphatic carbocycles. The summed E-state index contributed by atoms with van der Waals surface area (Å²) in [6.45, 7) is 0. The van der Waals surface area contributed by atoms with Crippen LogP contribution in [0.2, 0.25) is 0 Å². The van der Waals surface area contributed by atoms with Crippen LogP contribution in [0.25, 0.3) is 10.1 Å². The van der Waals surface area contributed by atoms with Crippen LogP contribution >= 0.6 is 11.3 Å². The minimum absolute atomic E-state index is 0.593. The van der Waals surface area contributed by atoms with E-state index in [4.69, 9.17) is 0 Å². The van der Waals surface area contributed by atoms with Gasteiger partial charge in [-0.05, 0) is 17.5 Å². The summed E-state index contributed by atoms with van der Waals surface area (Å²) >= 11 is 1.54. The summed E-state index contributed by atoms with van der Waals surface area (Å²) in [5, 5.41) is 2.86. The molecule has 0 saturated heterocycles. The van der Waals surface area contributed by atoms with Gasteiger partial charge in [0.05, 0.1) is 6.26 Å². The highest BCUT2D eigenvalue weighted by molar-refractivity contribution is 7.92. The van der Waals surface area contributed by atoms with Gasteiger partial charge in [0.25, 0.3) is 0 Å². The van der Waals surface area contributed by atoms with Gasteiger partial charge in [0.15, 0.2) is 0 Å². The van der Waals surface area contributed by atoms with Crippen molar-refractivity contribution in [3.8, 4) is 0 Å². The van der Waals surface area contributed by atoms with E-state index in [0.29, 0.717) is 5.69 Å². The van der Waals surface area contributed by atoms with E-state index < -0.39 is 10.0 Å². The van der Waals surface area contributed by atoms with Crippen molar-refractivity contribution in [1.82, 2.24) is 0 Å². The normalized spacial score (nSPS) is 11.8. The zero-order chi connectivity index (χ0) is 10.2. The number of benzene rings is 1. The summed E-state index contributed by atoms with van der Waals surface area (Å²) in [7, 11) is -3.18. The second kappa shape index (κ2) is 3.25. The van der Waals surface area contributed by atoms with Crippen molar-refractivity contribution in [2.24, 2.45) is 0 Å². The molecule has 0 atom stereocenters. The zero-order valence-corrected chi connectivity index (χ0v) is 9.08. The van der Waals surface area contributed by atoms with Crippen LogP contribution in [0, 0.1) is 6.07 Å². The number of thiophene rings is 1. The second-order valence-electron chi connectivity index (χ2n) is 2.97. The quantitative estimate of drug-likeness (QED) is 0.852. The summed E-state index contributed by atoms with van der Waals surface area (Å²) in [6, 6.07) is 8.43. The molecular weight excluding hydrogens is 218 g/mol. The zero-order valence-electron chi connectivity index (χ0n) is 7.44. The Morgan fingerprint density at radius 3 is 2.93 bits per heavy atom. The van der Waals surface area contributed by atoms with E-state index in [0.717, 1.165) is 16.3 Å². The van der Waals surface area contributed by atoms with E-state index >= 15 is 0 Å². The number of nitrogens with one attached hydrogen (secondary N) is 1. The van der Waals surface area contributed by atoms with E-state index in [9.17, 15) is 8.42 Å². The van der Waals surface area contributed by atoms with Crippen molar-refractivity contribution in [2.45, 2.75) is 0 Å². The van der Waals surface area contributed by atoms with Gasteiger partial charge in [-0.15, -0.1) is 11.3 Å². The molecule has 1 aromatic heterocycles. The molecule has 1 aromatic carbocycles. The van der Waals surface area contributed by atoms with Gasteiger partial charge in [-0.1, -0.05) is 6.07 Å². The lowest BCUT2D eigenvalue weighted by Gasteiger charge is -2.02. The van der Waals surface area contributed by atoms with Crippen molar-refractivity contribution in [3.63, 3.8) is 0 Å². The minimum Gasteiger partial charge on any atom is -0.284 e. The molecule has 0 unspecified atom stereocenters. The highest BCUT2D eigenvalue weighted by atomic mass is 32.2. The van der Waals surface area contributed by atoms with Crippen LogP contribution in [0.1, 0.15) is 0 Å². The molecule has 3 nitrogen and oxygen atoms in total. The van der Waals surface area contributed by atoms with E-state index in [-0.39, 0.29) is 0 Å². The standard InChI is InChI=1S/C9H8NO2S2/c1-14(11,12)10-8-3-2-7-4-5-13-9(7)6-8/h2-3,5-6,10H,1H3. The lowest BCUT2D eigenvalue weighted by molar-refractivity contribution is 0.607. The van der Waals surface area contributed by atoms with E-state index in [1.807, 2.05) is 11.4 Å². The van der Waals surface area contributed by atoms with Crippen molar-refractivity contribution >= 4 is 37.1 Å². The first-order valence-corrected chi connectivity index (χ1v) is 6.68. The van der Waals surface area contributed by atoms with Crippen molar-refractivity contribution in [3.05, 3.63) is 29.6 Å². The van der Waals surface area contributed by atoms with Crippen molar-refractivity contribution < 1.29 is 8.42 Å². The number of hydrogen-bond donors (Lipinski definition) is 1. The molecule has 73 valence electrons. The van der Waals surface area contributed by atoms with Gasteiger partial charge in [0.1, 0.15) is 0 Å². The number of anilines is 1. The molecule has 0 bridgehead atoms. The number of sulfonamides is 1. The topological polar surface area (TPSA) is 46.2 Å². The van der Waals surface area contributed by atoms with E-state index in [1.165, 1.54) is 11.3 Å². The van der Waals surface area contributed by atoms with Gasteiger partial charge in [-0.2, -0.15) is 0 Å². The van der Waals surface area contributed by atoms with Crippen LogP contribution in [-0.2, 0) is 10.0 Å². The van der Waals surface area contributed by atoms with Crippen molar-refractivity contribution in [2.75, 3.05) is 11.0 Å². The van der Waals surface area contributed by atoms with Crippen LogP contribution in [0.15, 0.2) is 23.6 Å². The molecule has 0 spiro atoms. The van der Waals surface area contributed by atoms with Crippen LogP contribution in [0.5, 0.6) is 0 Å². The molecule has 1 N–H and O–H groups in total. The first-order valence-electron chi connectivity index (χ1n) is 3.91. The van der Waals surface area contributed by atoms with Crippen LogP contribution in [0.3, 0.4) is 0 Å². The van der Waals surface area contributed by atoms with Gasteiger partial charge < -0.3 is 0 Å². The Morgan fingerprint density at radius 1 is 1.43 bits per heavy atom. The predicted octanol–water partition coefficient (Wildman–Crippen LogP) is 2.07. The van der Waals surface area contributed by atoms with E-state index in [2.05, 4.69) is 10.8 Å². The Balaban J connectivity index is 2.44. The molecule has 0 aliphatic rings. The fourth-order valence-corrected chi connectivity index (χ4v) is 2.49. The summed E-state index contributed by atoms with van der Waals surface area (Å²) in [5.74, 6) is 0. The Bertz CT molecular complexity index is 557. The summed E-state index contributed by atoms with van der Waals surface area (Å²) < 4.78 is 25.4. The maximum Gasteiger partial charge on any atom is 0.229 e. The monoisotopic (exact) mass is 226 g/mol. The Hall–Kier alpha value is -1.07. The van der Waals surface area contributed by atoms with Gasteiger partial charge in [-0.25, -0.2) is 8.42 Å². The third kappa shape index (κ3) is 2.05. The van der Waals surface area contributed by atoms with E-state index in [1.54, 1.807) is 12.1 Å². The highest BCUT2D eigenvalue weighted by Gasteiger charge is 2.02. The first-order chi connectivity index (χ1) is 6.54. The van der Waals surface area contributed by atoms with Gasteiger partial charge in [-0.3, -0.25) is 4.72 Å². The van der Waals surface area contributed by atoms with Crippen molar-refractivity contribution in [1.29, 1.82) is 0 Å². The molecule has 0 fully saturated rings. The molecular formula is C9H8NO2S2. The Kier molecular flexibility index (Phi) is 2.20. The minimum atomic E-state index is -3.18. The summed E-state index contributed by atoms with van der Waals surface area (Å²) in [5.41, 5.74) is 0.593. The van der Waals surface area contributed by atoms with Gasteiger partial charge >= 0.3 is 0 Å². The first kappa shape index (κ1) is 9.48. The molecule has 5 heteroatoms. The fraction of sp³-hybridized carbons (Fsp3) is 0.111. The average molecular weight is 226 g/mol. The molecule has 1 heterocycles. The number of rotatable bonds is 2. The lowest BCUT2D eigenvalue weighted by Crippen LogP contribution is -2.09. The number of fused-ring (bicyclic) bond motifs is 1. The highest BCUT2D eigenvalue weighted by Crippen LogP contribution is 2.23. The SMILES string of the molecule is CS(=O)(=O)Nc1ccc2[c]csc2c1. The summed E-state index contributed by atoms with van der Waals surface area (Å²) in [4.78, 5) is 0. The van der Waals surface area contributed by atoms with Crippen LogP contribution in [-0.4, -0.2) is 14.7 Å². The molecule has 2 rings (SSSR count). The van der Waals surface area contributed by atoms with Crippen LogP contribution < -0.4 is 4.72 Å². The molecule has 0 amide bonds. The molecule has 0 saturated carbocycles. The summed E-state index contributed by atoms with van der Waals surface area (Å²) in [6.07, 6.45) is 1.14. The third-order valence-corrected chi connectivity index (χ3v) is 3.12. The van der Waals surface area contributed by atoms with Crippen LogP contribution in [0.4, 0.5) is 5.69 Å². The smallest absolute Gasteiger partial charge is 0.229 e. The maximum atomic E-state index is 11.0. The maximum absolute atomic E-state index is 11.0. The molecule has 1 radical (unpaired) electrons. The fourth-order valence-electron chi connectivity index (χ4n) is 1.17.